The van der Waals surface area contributed by atoms with Crippen LogP contribution in [-0.2, 0) is 17.6 Å². The summed E-state index contributed by atoms with van der Waals surface area (Å²) in [5.74, 6) is -1.46. The maximum atomic E-state index is 13.4. The number of carbonyl (C=O) groups is 1. The smallest absolute Gasteiger partial charge is 0.295 e. The number of rotatable bonds is 6. The molecule has 0 unspecified atom stereocenters. The molecule has 172 valence electrons. The fraction of sp³-hybridized carbons (Fsp3) is 0.208. The lowest BCUT2D eigenvalue weighted by atomic mass is 9.86. The third-order valence-electron chi connectivity index (χ3n) is 5.49. The van der Waals surface area contributed by atoms with Crippen LogP contribution in [-0.4, -0.2) is 21.6 Å². The van der Waals surface area contributed by atoms with Crippen molar-refractivity contribution in [3.63, 3.8) is 0 Å². The molecule has 0 atom stereocenters. The third-order valence-corrected chi connectivity index (χ3v) is 6.80. The van der Waals surface area contributed by atoms with E-state index in [0.717, 1.165) is 72.3 Å². The molecule has 1 amide bonds. The average Bonchev–Trinajstić information content (AvgIpc) is 2.83. The van der Waals surface area contributed by atoms with Gasteiger partial charge in [0.05, 0.1) is 28.0 Å². The monoisotopic (exact) mass is 496 g/mol. The molecule has 2 aromatic carbocycles. The number of anilines is 1. The highest BCUT2D eigenvalue weighted by atomic mass is 35.5. The summed E-state index contributed by atoms with van der Waals surface area (Å²) in [7, 11) is 0. The molecule has 0 saturated carbocycles. The summed E-state index contributed by atoms with van der Waals surface area (Å²) in [6.45, 7) is 0. The first-order chi connectivity index (χ1) is 16.4. The Bertz CT molecular complexity index is 1340. The number of benzene rings is 2. The first-order valence-electron chi connectivity index (χ1n) is 10.5. The van der Waals surface area contributed by atoms with Crippen molar-refractivity contribution < 1.29 is 14.1 Å². The van der Waals surface area contributed by atoms with Crippen molar-refractivity contribution in [2.24, 2.45) is 0 Å². The molecule has 0 bridgehead atoms. The Kier molecular flexibility index (Phi) is 7.10. The summed E-state index contributed by atoms with van der Waals surface area (Å²) in [6.07, 6.45) is 3.46. The lowest BCUT2D eigenvalue weighted by Gasteiger charge is -2.22. The molecule has 0 fully saturated rings. The van der Waals surface area contributed by atoms with Gasteiger partial charge in [-0.05, 0) is 55.0 Å². The van der Waals surface area contributed by atoms with Crippen LogP contribution in [0.1, 0.15) is 29.5 Å². The molecule has 0 saturated heterocycles. The number of pyridine rings is 1. The molecule has 1 aliphatic rings. The maximum absolute atomic E-state index is 13.4. The van der Waals surface area contributed by atoms with E-state index in [4.69, 9.17) is 16.6 Å². The van der Waals surface area contributed by atoms with Gasteiger partial charge < -0.3 is 5.32 Å². The second-order valence-corrected chi connectivity index (χ2v) is 9.02. The van der Waals surface area contributed by atoms with Crippen molar-refractivity contribution in [1.29, 1.82) is 5.26 Å². The number of hydrogen-bond donors (Lipinski definition) is 1. The van der Waals surface area contributed by atoms with Gasteiger partial charge >= 0.3 is 0 Å². The van der Waals surface area contributed by atoms with Crippen LogP contribution in [0.15, 0.2) is 47.5 Å². The van der Waals surface area contributed by atoms with Gasteiger partial charge in [0, 0.05) is 10.6 Å². The van der Waals surface area contributed by atoms with E-state index in [-0.39, 0.29) is 11.4 Å². The number of nitro benzene ring substituents is 1. The molecule has 10 heteroatoms. The summed E-state index contributed by atoms with van der Waals surface area (Å²) in [6, 6.07) is 12.5. The van der Waals surface area contributed by atoms with E-state index < -0.39 is 22.3 Å². The number of nitro groups is 1. The van der Waals surface area contributed by atoms with E-state index in [1.165, 1.54) is 0 Å². The minimum Gasteiger partial charge on any atom is -0.320 e. The number of nitrogens with zero attached hydrogens (tertiary/aromatic N) is 3. The van der Waals surface area contributed by atoms with E-state index in [2.05, 4.69) is 11.4 Å². The van der Waals surface area contributed by atoms with Gasteiger partial charge in [0.15, 0.2) is 0 Å². The molecule has 3 aromatic rings. The van der Waals surface area contributed by atoms with Gasteiger partial charge in [-0.3, -0.25) is 14.9 Å². The largest absolute Gasteiger partial charge is 0.320 e. The number of carbonyl (C=O) groups excluding carboxylic acids is 1. The van der Waals surface area contributed by atoms with E-state index in [0.29, 0.717) is 21.3 Å². The number of fused-ring (bicyclic) bond motifs is 1. The van der Waals surface area contributed by atoms with E-state index in [1.54, 1.807) is 6.07 Å². The first kappa shape index (κ1) is 23.7. The molecular weight excluding hydrogens is 479 g/mol. The van der Waals surface area contributed by atoms with Crippen molar-refractivity contribution in [1.82, 2.24) is 4.98 Å². The van der Waals surface area contributed by atoms with Crippen LogP contribution in [0.3, 0.4) is 0 Å². The number of amides is 1. The minimum absolute atomic E-state index is 0.104. The SMILES string of the molecule is N#Cc1c(SCC(=O)Nc2ccc(F)cc2[N+](=O)[O-])nc(-c2ccccc2Cl)c2c1CCCC2. The normalized spacial score (nSPS) is 12.5. The van der Waals surface area contributed by atoms with Crippen LogP contribution in [0.5, 0.6) is 0 Å². The fourth-order valence-electron chi connectivity index (χ4n) is 3.97. The zero-order valence-corrected chi connectivity index (χ0v) is 19.4. The Morgan fingerprint density at radius 3 is 2.68 bits per heavy atom. The summed E-state index contributed by atoms with van der Waals surface area (Å²) in [5, 5.41) is 24.4. The molecule has 0 radical (unpaired) electrons. The summed E-state index contributed by atoms with van der Waals surface area (Å²) in [5.41, 5.74) is 3.20. The van der Waals surface area contributed by atoms with Gasteiger partial charge in [-0.1, -0.05) is 41.6 Å². The summed E-state index contributed by atoms with van der Waals surface area (Å²) >= 11 is 7.51. The molecule has 1 N–H and O–H groups in total. The Hall–Kier alpha value is -3.48. The van der Waals surface area contributed by atoms with Crippen LogP contribution in [0.2, 0.25) is 5.02 Å². The molecule has 7 nitrogen and oxygen atoms in total. The number of nitriles is 1. The highest BCUT2D eigenvalue weighted by Crippen LogP contribution is 2.38. The number of nitrogens with one attached hydrogen (secondary N) is 1. The van der Waals surface area contributed by atoms with Crippen LogP contribution in [0, 0.1) is 27.3 Å². The Labute approximate surface area is 204 Å². The average molecular weight is 497 g/mol. The highest BCUT2D eigenvalue weighted by Gasteiger charge is 2.25. The molecule has 0 aliphatic heterocycles. The topological polar surface area (TPSA) is 109 Å². The molecule has 1 aliphatic carbocycles. The number of thioether (sulfide) groups is 1. The van der Waals surface area contributed by atoms with Gasteiger partial charge in [0.1, 0.15) is 22.6 Å². The van der Waals surface area contributed by atoms with Gasteiger partial charge in [-0.25, -0.2) is 9.37 Å². The molecule has 0 spiro atoms. The lowest BCUT2D eigenvalue weighted by Crippen LogP contribution is -2.16. The molecule has 1 heterocycles. The summed E-state index contributed by atoms with van der Waals surface area (Å²) < 4.78 is 13.4. The third kappa shape index (κ3) is 4.88. The number of aromatic nitrogens is 1. The molecule has 1 aromatic heterocycles. The number of halogens is 2. The van der Waals surface area contributed by atoms with Gasteiger partial charge in [0.2, 0.25) is 5.91 Å². The zero-order chi connectivity index (χ0) is 24.2. The van der Waals surface area contributed by atoms with E-state index in [1.807, 2.05) is 18.2 Å². The van der Waals surface area contributed by atoms with Crippen molar-refractivity contribution in [3.8, 4) is 17.3 Å². The quantitative estimate of drug-likeness (QED) is 0.257. The number of hydrogen-bond acceptors (Lipinski definition) is 6. The van der Waals surface area contributed by atoms with Crippen molar-refractivity contribution in [2.45, 2.75) is 30.7 Å². The van der Waals surface area contributed by atoms with E-state index >= 15 is 0 Å². The zero-order valence-electron chi connectivity index (χ0n) is 17.8. The second-order valence-electron chi connectivity index (χ2n) is 7.65. The minimum atomic E-state index is -0.775. The predicted octanol–water partition coefficient (Wildman–Crippen LogP) is 5.93. The standard InChI is InChI=1S/C24H18ClFN4O3S/c25-19-8-4-3-7-17(19)23-16-6-2-1-5-15(16)18(12-27)24(29-23)34-13-22(31)28-20-10-9-14(26)11-21(20)30(32)33/h3-4,7-11H,1-2,5-6,13H2,(H,28,31). The maximum Gasteiger partial charge on any atom is 0.295 e. The van der Waals surface area contributed by atoms with Gasteiger partial charge in [-0.2, -0.15) is 5.26 Å². The lowest BCUT2D eigenvalue weighted by molar-refractivity contribution is -0.384. The van der Waals surface area contributed by atoms with Crippen LogP contribution >= 0.6 is 23.4 Å². The second kappa shape index (κ2) is 10.2. The fourth-order valence-corrected chi connectivity index (χ4v) is 5.01. The van der Waals surface area contributed by atoms with Crippen LogP contribution in [0.4, 0.5) is 15.8 Å². The van der Waals surface area contributed by atoms with E-state index in [9.17, 15) is 24.6 Å². The van der Waals surface area contributed by atoms with Gasteiger partial charge in [0.25, 0.3) is 5.69 Å². The Morgan fingerprint density at radius 1 is 1.24 bits per heavy atom. The molecule has 4 rings (SSSR count). The van der Waals surface area contributed by atoms with Crippen LogP contribution < -0.4 is 5.32 Å². The molecule has 34 heavy (non-hydrogen) atoms. The highest BCUT2D eigenvalue weighted by molar-refractivity contribution is 8.00. The Balaban J connectivity index is 1.64. The predicted molar refractivity (Wildman–Crippen MR) is 128 cm³/mol. The van der Waals surface area contributed by atoms with Gasteiger partial charge in [-0.15, -0.1) is 0 Å². The van der Waals surface area contributed by atoms with Crippen LogP contribution in [0.25, 0.3) is 11.3 Å². The van der Waals surface area contributed by atoms with Crippen molar-refractivity contribution >= 4 is 40.6 Å². The Morgan fingerprint density at radius 2 is 1.97 bits per heavy atom. The molecular formula is C24H18ClFN4O3S. The van der Waals surface area contributed by atoms with Crippen molar-refractivity contribution in [2.75, 3.05) is 11.1 Å². The first-order valence-corrected chi connectivity index (χ1v) is 11.8. The summed E-state index contributed by atoms with van der Waals surface area (Å²) in [4.78, 5) is 27.7. The van der Waals surface area contributed by atoms with Crippen molar-refractivity contribution in [3.05, 3.63) is 80.1 Å².